The van der Waals surface area contributed by atoms with E-state index in [0.717, 1.165) is 5.56 Å². The molecule has 1 aliphatic rings. The molecule has 1 aromatic carbocycles. The van der Waals surface area contributed by atoms with E-state index >= 15 is 0 Å². The zero-order chi connectivity index (χ0) is 11.5. The third-order valence-electron chi connectivity index (χ3n) is 2.30. The fourth-order valence-electron chi connectivity index (χ4n) is 1.56. The van der Waals surface area contributed by atoms with Gasteiger partial charge in [-0.05, 0) is 18.3 Å². The Morgan fingerprint density at radius 2 is 2.25 bits per heavy atom. The van der Waals surface area contributed by atoms with Crippen LogP contribution in [-0.4, -0.2) is 16.6 Å². The van der Waals surface area contributed by atoms with Crippen LogP contribution in [0, 0.1) is 0 Å². The summed E-state index contributed by atoms with van der Waals surface area (Å²) < 4.78 is 0. The first kappa shape index (κ1) is 11.2. The fraction of sp³-hybridized carbons (Fsp3) is 0.182. The number of halogens is 1. The molecular weight excluding hydrogens is 242 g/mol. The molecule has 0 aromatic heterocycles. The van der Waals surface area contributed by atoms with Crippen LogP contribution in [0.3, 0.4) is 0 Å². The van der Waals surface area contributed by atoms with Crippen molar-refractivity contribution in [1.29, 1.82) is 0 Å². The molecule has 1 aliphatic heterocycles. The summed E-state index contributed by atoms with van der Waals surface area (Å²) in [5.41, 5.74) is 0.912. The minimum Gasteiger partial charge on any atom is -0.315 e. The van der Waals surface area contributed by atoms with E-state index in [1.807, 2.05) is 29.2 Å². The van der Waals surface area contributed by atoms with Gasteiger partial charge in [0.2, 0.25) is 5.11 Å². The Morgan fingerprint density at radius 1 is 1.50 bits per heavy atom. The first-order valence-electron chi connectivity index (χ1n) is 4.81. The van der Waals surface area contributed by atoms with Gasteiger partial charge in [0.05, 0.1) is 0 Å². The van der Waals surface area contributed by atoms with E-state index in [1.54, 1.807) is 6.08 Å². The predicted molar refractivity (Wildman–Crippen MR) is 68.6 cm³/mol. The first-order valence-corrected chi connectivity index (χ1v) is 5.59. The van der Waals surface area contributed by atoms with Crippen molar-refractivity contribution in [2.24, 2.45) is 10.2 Å². The quantitative estimate of drug-likeness (QED) is 0.607. The minimum absolute atomic E-state index is 0.223. The lowest BCUT2D eigenvalue weighted by molar-refractivity contribution is 0.380. The summed E-state index contributed by atoms with van der Waals surface area (Å²) in [5, 5.41) is 9.18. The van der Waals surface area contributed by atoms with Gasteiger partial charge in [0.15, 0.2) is 6.17 Å². The van der Waals surface area contributed by atoms with Gasteiger partial charge in [-0.25, -0.2) is 0 Å². The molecular formula is C11H10ClN3S. The van der Waals surface area contributed by atoms with Crippen LogP contribution in [-0.2, 0) is 0 Å². The molecule has 0 aliphatic carbocycles. The Balaban J connectivity index is 2.34. The number of thiocarbonyl (C=S) groups is 1. The Kier molecular flexibility index (Phi) is 3.31. The van der Waals surface area contributed by atoms with E-state index < -0.39 is 0 Å². The van der Waals surface area contributed by atoms with E-state index in [0.29, 0.717) is 16.7 Å². The minimum atomic E-state index is -0.223. The van der Waals surface area contributed by atoms with Crippen LogP contribution >= 0.6 is 23.8 Å². The highest BCUT2D eigenvalue weighted by atomic mass is 35.5. The third kappa shape index (κ3) is 1.99. The lowest BCUT2D eigenvalue weighted by Gasteiger charge is -2.22. The molecule has 0 radical (unpaired) electrons. The van der Waals surface area contributed by atoms with Gasteiger partial charge in [0, 0.05) is 17.1 Å². The van der Waals surface area contributed by atoms with Crippen molar-refractivity contribution in [3.05, 3.63) is 47.5 Å². The highest BCUT2D eigenvalue weighted by molar-refractivity contribution is 7.80. The summed E-state index contributed by atoms with van der Waals surface area (Å²) in [5.74, 6) is 0. The average molecular weight is 252 g/mol. The molecule has 1 atom stereocenters. The van der Waals surface area contributed by atoms with Gasteiger partial charge in [-0.15, -0.1) is 11.7 Å². The molecule has 5 heteroatoms. The number of azo groups is 1. The van der Waals surface area contributed by atoms with Gasteiger partial charge < -0.3 is 4.90 Å². The van der Waals surface area contributed by atoms with Crippen molar-refractivity contribution < 1.29 is 0 Å². The number of hydrogen-bond acceptors (Lipinski definition) is 2. The highest BCUT2D eigenvalue weighted by Gasteiger charge is 2.28. The number of nitrogens with zero attached hydrogens (tertiary/aromatic N) is 3. The fourth-order valence-corrected chi connectivity index (χ4v) is 2.01. The molecule has 0 saturated carbocycles. The van der Waals surface area contributed by atoms with Crippen LogP contribution in [0.4, 0.5) is 0 Å². The van der Waals surface area contributed by atoms with Crippen LogP contribution < -0.4 is 0 Å². The second kappa shape index (κ2) is 4.72. The first-order chi connectivity index (χ1) is 7.74. The molecule has 1 unspecified atom stereocenters. The highest BCUT2D eigenvalue weighted by Crippen LogP contribution is 2.32. The average Bonchev–Trinajstić information content (AvgIpc) is 2.62. The molecule has 0 saturated heterocycles. The van der Waals surface area contributed by atoms with Crippen LogP contribution in [0.25, 0.3) is 0 Å². The van der Waals surface area contributed by atoms with Gasteiger partial charge in [-0.1, -0.05) is 35.9 Å². The smallest absolute Gasteiger partial charge is 0.218 e. The Labute approximate surface area is 104 Å². The Bertz CT molecular complexity index is 458. The molecule has 16 heavy (non-hydrogen) atoms. The summed E-state index contributed by atoms with van der Waals surface area (Å²) in [4.78, 5) is 1.88. The molecule has 1 heterocycles. The zero-order valence-corrected chi connectivity index (χ0v) is 10.1. The van der Waals surface area contributed by atoms with Crippen LogP contribution in [0.5, 0.6) is 0 Å². The summed E-state index contributed by atoms with van der Waals surface area (Å²) in [6, 6.07) is 7.56. The second-order valence-electron chi connectivity index (χ2n) is 3.33. The number of benzene rings is 1. The molecule has 0 spiro atoms. The Hall–Kier alpha value is -1.26. The van der Waals surface area contributed by atoms with E-state index in [1.165, 1.54) is 0 Å². The summed E-state index contributed by atoms with van der Waals surface area (Å²) in [7, 11) is 0. The zero-order valence-electron chi connectivity index (χ0n) is 8.51. The van der Waals surface area contributed by atoms with E-state index in [9.17, 15) is 0 Å². The van der Waals surface area contributed by atoms with Crippen LogP contribution in [0.2, 0.25) is 5.02 Å². The lowest BCUT2D eigenvalue weighted by Crippen LogP contribution is -2.27. The third-order valence-corrected chi connectivity index (χ3v) is 2.96. The maximum Gasteiger partial charge on any atom is 0.218 e. The molecule has 0 fully saturated rings. The number of hydrogen-bond donors (Lipinski definition) is 0. The lowest BCUT2D eigenvalue weighted by atomic mass is 10.1. The summed E-state index contributed by atoms with van der Waals surface area (Å²) in [6.45, 7) is 4.30. The van der Waals surface area contributed by atoms with Crippen molar-refractivity contribution in [3.8, 4) is 0 Å². The largest absolute Gasteiger partial charge is 0.315 e. The van der Waals surface area contributed by atoms with Gasteiger partial charge >= 0.3 is 0 Å². The van der Waals surface area contributed by atoms with Crippen LogP contribution in [0.15, 0.2) is 47.1 Å². The van der Waals surface area contributed by atoms with Crippen molar-refractivity contribution in [3.63, 3.8) is 0 Å². The second-order valence-corrected chi connectivity index (χ2v) is 4.11. The maximum atomic E-state index is 6.12. The molecule has 82 valence electrons. The van der Waals surface area contributed by atoms with Gasteiger partial charge in [0.25, 0.3) is 0 Å². The van der Waals surface area contributed by atoms with Gasteiger partial charge in [0.1, 0.15) is 0 Å². The van der Waals surface area contributed by atoms with Gasteiger partial charge in [-0.2, -0.15) is 5.11 Å². The van der Waals surface area contributed by atoms with Crippen molar-refractivity contribution in [2.45, 2.75) is 6.17 Å². The molecule has 0 bridgehead atoms. The number of rotatable bonds is 3. The van der Waals surface area contributed by atoms with Gasteiger partial charge in [-0.3, -0.25) is 0 Å². The topological polar surface area (TPSA) is 28.0 Å². The maximum absolute atomic E-state index is 6.12. The normalized spacial score (nSPS) is 19.2. The predicted octanol–water partition coefficient (Wildman–Crippen LogP) is 3.58. The molecule has 0 N–H and O–H groups in total. The van der Waals surface area contributed by atoms with Crippen molar-refractivity contribution in [2.75, 3.05) is 6.54 Å². The summed E-state index contributed by atoms with van der Waals surface area (Å²) >= 11 is 11.2. The molecule has 2 rings (SSSR count). The molecule has 0 amide bonds. The molecule has 3 nitrogen and oxygen atoms in total. The SMILES string of the molecule is C=CCN1C(=S)N=NC1c1ccccc1Cl. The monoisotopic (exact) mass is 251 g/mol. The summed E-state index contributed by atoms with van der Waals surface area (Å²) in [6.07, 6.45) is 1.55. The van der Waals surface area contributed by atoms with E-state index in [2.05, 4.69) is 16.8 Å². The standard InChI is InChI=1S/C11H10ClN3S/c1-2-7-15-10(13-14-11(15)16)8-5-3-4-6-9(8)12/h2-6,10H,1,7H2. The van der Waals surface area contributed by atoms with Crippen LogP contribution in [0.1, 0.15) is 11.7 Å². The Morgan fingerprint density at radius 3 is 2.94 bits per heavy atom. The van der Waals surface area contributed by atoms with Crippen molar-refractivity contribution in [1.82, 2.24) is 4.90 Å². The van der Waals surface area contributed by atoms with E-state index in [-0.39, 0.29) is 6.17 Å². The van der Waals surface area contributed by atoms with Crippen molar-refractivity contribution >= 4 is 28.9 Å². The van der Waals surface area contributed by atoms with E-state index in [4.69, 9.17) is 23.8 Å². The molecule has 1 aromatic rings.